The van der Waals surface area contributed by atoms with E-state index in [0.29, 0.717) is 0 Å². The standard InChI is InChI=1S/C8H6F4O4S/c1-13-7-3(9)5(11)8(6(12)4(7)10)17-16-15-14-2/h1-2H3. The summed E-state index contributed by atoms with van der Waals surface area (Å²) in [6.07, 6.45) is 0. The number of methoxy groups -OCH3 is 1. The number of ether oxygens (including phenoxy) is 1. The van der Waals surface area contributed by atoms with Crippen molar-refractivity contribution in [3.63, 3.8) is 0 Å². The average Bonchev–Trinajstić information content (AvgIpc) is 2.32. The Labute approximate surface area is 97.5 Å². The molecule has 9 heteroatoms. The highest BCUT2D eigenvalue weighted by Gasteiger charge is 2.27. The van der Waals surface area contributed by atoms with Crippen molar-refractivity contribution >= 4 is 12.0 Å². The monoisotopic (exact) mass is 274 g/mol. The van der Waals surface area contributed by atoms with Gasteiger partial charge in [-0.1, -0.05) is 5.04 Å². The van der Waals surface area contributed by atoms with Crippen molar-refractivity contribution in [2.75, 3.05) is 14.2 Å². The maximum atomic E-state index is 13.3. The summed E-state index contributed by atoms with van der Waals surface area (Å²) in [6.45, 7) is 0. The zero-order valence-electron chi connectivity index (χ0n) is 8.55. The quantitative estimate of drug-likeness (QED) is 0.206. The van der Waals surface area contributed by atoms with Gasteiger partial charge < -0.3 is 4.74 Å². The molecule has 96 valence electrons. The molecule has 0 heterocycles. The van der Waals surface area contributed by atoms with E-state index in [2.05, 4.69) is 19.0 Å². The van der Waals surface area contributed by atoms with Gasteiger partial charge in [-0.15, -0.1) is 4.33 Å². The molecule has 0 aliphatic rings. The summed E-state index contributed by atoms with van der Waals surface area (Å²) >= 11 is -0.0870. The lowest BCUT2D eigenvalue weighted by atomic mass is 10.3. The lowest BCUT2D eigenvalue weighted by Gasteiger charge is -2.09. The van der Waals surface area contributed by atoms with Crippen LogP contribution in [0.1, 0.15) is 0 Å². The van der Waals surface area contributed by atoms with Gasteiger partial charge >= 0.3 is 0 Å². The molecule has 0 aliphatic carbocycles. The Morgan fingerprint density at radius 1 is 0.882 bits per heavy atom. The van der Waals surface area contributed by atoms with Crippen molar-refractivity contribution in [3.8, 4) is 5.75 Å². The average molecular weight is 274 g/mol. The van der Waals surface area contributed by atoms with Crippen molar-refractivity contribution in [1.29, 1.82) is 0 Å². The van der Waals surface area contributed by atoms with Crippen LogP contribution in [-0.2, 0) is 14.3 Å². The molecule has 0 saturated heterocycles. The Balaban J connectivity index is 3.13. The molecule has 0 unspecified atom stereocenters. The zero-order chi connectivity index (χ0) is 13.0. The maximum absolute atomic E-state index is 13.3. The minimum atomic E-state index is -1.67. The summed E-state index contributed by atoms with van der Waals surface area (Å²) < 4.78 is 61.1. The first-order valence-corrected chi connectivity index (χ1v) is 4.72. The van der Waals surface area contributed by atoms with Gasteiger partial charge in [0, 0.05) is 0 Å². The van der Waals surface area contributed by atoms with Crippen LogP contribution in [-0.4, -0.2) is 14.2 Å². The smallest absolute Gasteiger partial charge is 0.205 e. The molecular weight excluding hydrogens is 268 g/mol. The second kappa shape index (κ2) is 6.05. The van der Waals surface area contributed by atoms with Crippen LogP contribution in [0.15, 0.2) is 4.90 Å². The molecule has 1 aromatic rings. The van der Waals surface area contributed by atoms with Crippen molar-refractivity contribution in [1.82, 2.24) is 0 Å². The van der Waals surface area contributed by atoms with Gasteiger partial charge in [-0.05, 0) is 0 Å². The molecule has 0 atom stereocenters. The van der Waals surface area contributed by atoms with E-state index in [-0.39, 0.29) is 12.0 Å². The van der Waals surface area contributed by atoms with E-state index in [0.717, 1.165) is 14.2 Å². The second-order valence-electron chi connectivity index (χ2n) is 2.50. The first-order valence-electron chi connectivity index (χ1n) is 3.98. The summed E-state index contributed by atoms with van der Waals surface area (Å²) in [5, 5.41) is 3.84. The van der Waals surface area contributed by atoms with E-state index < -0.39 is 33.9 Å². The Kier molecular flexibility index (Phi) is 5.00. The van der Waals surface area contributed by atoms with Crippen molar-refractivity contribution in [2.24, 2.45) is 0 Å². The Morgan fingerprint density at radius 3 is 1.82 bits per heavy atom. The number of halogens is 4. The number of benzene rings is 1. The van der Waals surface area contributed by atoms with Gasteiger partial charge in [0.25, 0.3) is 0 Å². The minimum absolute atomic E-state index is 0.0870. The predicted molar refractivity (Wildman–Crippen MR) is 47.9 cm³/mol. The summed E-state index contributed by atoms with van der Waals surface area (Å²) in [5.41, 5.74) is 0. The number of rotatable bonds is 5. The summed E-state index contributed by atoms with van der Waals surface area (Å²) in [7, 11) is 1.93. The van der Waals surface area contributed by atoms with Gasteiger partial charge in [0.1, 0.15) is 4.90 Å². The van der Waals surface area contributed by atoms with Crippen LogP contribution in [0.5, 0.6) is 5.75 Å². The van der Waals surface area contributed by atoms with Crippen molar-refractivity contribution in [2.45, 2.75) is 4.90 Å². The first-order chi connectivity index (χ1) is 8.04. The SMILES string of the molecule is COOOSc1c(F)c(F)c(OC)c(F)c1F. The fraction of sp³-hybridized carbons (Fsp3) is 0.250. The molecule has 0 fully saturated rings. The molecule has 0 spiro atoms. The van der Waals surface area contributed by atoms with Gasteiger partial charge in [-0.25, -0.2) is 13.7 Å². The first kappa shape index (κ1) is 14.0. The summed E-state index contributed by atoms with van der Waals surface area (Å²) in [6, 6.07) is 0. The summed E-state index contributed by atoms with van der Waals surface area (Å²) in [4.78, 5) is 2.89. The molecule has 17 heavy (non-hydrogen) atoms. The maximum Gasteiger partial charge on any atom is 0.205 e. The topological polar surface area (TPSA) is 36.9 Å². The molecule has 0 saturated carbocycles. The van der Waals surface area contributed by atoms with Crippen LogP contribution in [0, 0.1) is 23.3 Å². The Bertz CT molecular complexity index is 386. The Hall–Kier alpha value is -1.03. The fourth-order valence-corrected chi connectivity index (χ4v) is 1.40. The van der Waals surface area contributed by atoms with Crippen LogP contribution in [0.4, 0.5) is 17.6 Å². The molecule has 4 nitrogen and oxygen atoms in total. The largest absolute Gasteiger partial charge is 0.491 e. The van der Waals surface area contributed by atoms with Gasteiger partial charge in [0.2, 0.25) is 11.6 Å². The lowest BCUT2D eigenvalue weighted by Crippen LogP contribution is -2.03. The van der Waals surface area contributed by atoms with Crippen LogP contribution in [0.3, 0.4) is 0 Å². The van der Waals surface area contributed by atoms with Crippen molar-refractivity contribution in [3.05, 3.63) is 23.3 Å². The van der Waals surface area contributed by atoms with Gasteiger partial charge in [0.05, 0.1) is 26.3 Å². The zero-order valence-corrected chi connectivity index (χ0v) is 9.37. The number of hydrogen-bond donors (Lipinski definition) is 0. The molecule has 0 radical (unpaired) electrons. The highest BCUT2D eigenvalue weighted by Crippen LogP contribution is 2.35. The highest BCUT2D eigenvalue weighted by atomic mass is 32.2. The molecule has 0 aliphatic heterocycles. The van der Waals surface area contributed by atoms with Crippen molar-refractivity contribution < 1.29 is 36.6 Å². The molecule has 1 rings (SSSR count). The predicted octanol–water partition coefficient (Wildman–Crippen LogP) is 2.77. The van der Waals surface area contributed by atoms with Crippen LogP contribution >= 0.6 is 12.0 Å². The second-order valence-corrected chi connectivity index (χ2v) is 3.22. The molecular formula is C8H6F4O4S. The number of hydrogen-bond acceptors (Lipinski definition) is 5. The van der Waals surface area contributed by atoms with Crippen LogP contribution in [0.2, 0.25) is 0 Å². The third-order valence-electron chi connectivity index (χ3n) is 1.60. The highest BCUT2D eigenvalue weighted by molar-refractivity contribution is 7.94. The fourth-order valence-electron chi connectivity index (χ4n) is 0.919. The van der Waals surface area contributed by atoms with Gasteiger partial charge in [-0.2, -0.15) is 8.78 Å². The van der Waals surface area contributed by atoms with E-state index in [1.807, 2.05) is 0 Å². The minimum Gasteiger partial charge on any atom is -0.491 e. The van der Waals surface area contributed by atoms with Crippen LogP contribution in [0.25, 0.3) is 0 Å². The lowest BCUT2D eigenvalue weighted by molar-refractivity contribution is -0.447. The molecule has 0 bridgehead atoms. The molecule has 1 aromatic carbocycles. The molecule has 0 amide bonds. The normalized spacial score (nSPS) is 10.7. The van der Waals surface area contributed by atoms with E-state index in [1.54, 1.807) is 0 Å². The third-order valence-corrected chi connectivity index (χ3v) is 2.25. The van der Waals surface area contributed by atoms with Crippen LogP contribution < -0.4 is 4.74 Å². The van der Waals surface area contributed by atoms with E-state index >= 15 is 0 Å². The van der Waals surface area contributed by atoms with Gasteiger partial charge in [-0.3, -0.25) is 0 Å². The third kappa shape index (κ3) is 2.80. The summed E-state index contributed by atoms with van der Waals surface area (Å²) in [5.74, 6) is -7.82. The van der Waals surface area contributed by atoms with E-state index in [4.69, 9.17) is 0 Å². The van der Waals surface area contributed by atoms with E-state index in [9.17, 15) is 17.6 Å². The van der Waals surface area contributed by atoms with Gasteiger partial charge in [0.15, 0.2) is 17.4 Å². The Morgan fingerprint density at radius 2 is 1.41 bits per heavy atom. The van der Waals surface area contributed by atoms with E-state index in [1.165, 1.54) is 0 Å². The molecule has 0 N–H and O–H groups in total. The molecule has 0 aromatic heterocycles.